The molecule has 0 nitrogen and oxygen atoms in total. The van der Waals surface area contributed by atoms with Crippen molar-refractivity contribution in [2.75, 3.05) is 0 Å². The predicted octanol–water partition coefficient (Wildman–Crippen LogP) is 2.56. The first kappa shape index (κ1) is 13.9. The number of aryl methyl sites for hydroxylation is 1. The Morgan fingerprint density at radius 2 is 1.81 bits per heavy atom. The van der Waals surface area contributed by atoms with Gasteiger partial charge in [0.2, 0.25) is 0 Å². The van der Waals surface area contributed by atoms with E-state index in [1.54, 1.807) is 0 Å². The van der Waals surface area contributed by atoms with Gasteiger partial charge in [0.1, 0.15) is 0 Å². The van der Waals surface area contributed by atoms with Crippen molar-refractivity contribution in [1.82, 2.24) is 0 Å². The SMILES string of the molecule is CCCCC[Se]C#C[Se]c1ccc(C)cc1. The number of hydrogen-bond donors (Lipinski definition) is 0. The van der Waals surface area contributed by atoms with Crippen LogP contribution in [0.2, 0.25) is 5.32 Å². The van der Waals surface area contributed by atoms with Gasteiger partial charge in [-0.3, -0.25) is 0 Å². The van der Waals surface area contributed by atoms with Gasteiger partial charge in [0, 0.05) is 0 Å². The Morgan fingerprint density at radius 1 is 1.06 bits per heavy atom. The standard InChI is InChI=1S/C14H18Se2/c1-3-4-5-10-15-11-12-16-14-8-6-13(2)7-9-14/h6-9H,3-5,10H2,1-2H3. The number of unbranched alkanes of at least 4 members (excludes halogenated alkanes) is 2. The molecule has 0 bridgehead atoms. The van der Waals surface area contributed by atoms with Crippen LogP contribution in [-0.2, 0) is 0 Å². The first-order valence-electron chi connectivity index (χ1n) is 5.68. The number of hydrogen-bond acceptors (Lipinski definition) is 0. The summed E-state index contributed by atoms with van der Waals surface area (Å²) in [5, 5.41) is 1.33. The first-order valence-corrected chi connectivity index (χ1v) is 9.46. The summed E-state index contributed by atoms with van der Waals surface area (Å²) in [5.74, 6) is 0. The second-order valence-electron chi connectivity index (χ2n) is 3.67. The molecule has 1 aromatic rings. The Balaban J connectivity index is 2.19. The van der Waals surface area contributed by atoms with Crippen molar-refractivity contribution in [3.8, 4) is 9.64 Å². The Morgan fingerprint density at radius 3 is 2.50 bits per heavy atom. The Bertz CT molecular complexity index is 343. The molecular formula is C14H18Se2. The number of rotatable bonds is 5. The van der Waals surface area contributed by atoms with Gasteiger partial charge in [-0.1, -0.05) is 0 Å². The fourth-order valence-corrected chi connectivity index (χ4v) is 4.26. The molecule has 0 aromatic heterocycles. The predicted molar refractivity (Wildman–Crippen MR) is 74.4 cm³/mol. The summed E-state index contributed by atoms with van der Waals surface area (Å²) in [7, 11) is 0. The van der Waals surface area contributed by atoms with Gasteiger partial charge in [0.15, 0.2) is 0 Å². The minimum atomic E-state index is 0.361. The summed E-state index contributed by atoms with van der Waals surface area (Å²) in [6.45, 7) is 4.37. The molecule has 0 fully saturated rings. The van der Waals surface area contributed by atoms with E-state index in [0.29, 0.717) is 29.9 Å². The van der Waals surface area contributed by atoms with Gasteiger partial charge in [-0.2, -0.15) is 0 Å². The van der Waals surface area contributed by atoms with Gasteiger partial charge in [0.25, 0.3) is 0 Å². The molecule has 16 heavy (non-hydrogen) atoms. The third-order valence-electron chi connectivity index (χ3n) is 2.15. The normalized spacial score (nSPS) is 9.62. The summed E-state index contributed by atoms with van der Waals surface area (Å²) in [6.07, 6.45) is 4.05. The second kappa shape index (κ2) is 8.91. The maximum absolute atomic E-state index is 3.35. The van der Waals surface area contributed by atoms with Gasteiger partial charge in [0.05, 0.1) is 0 Å². The average Bonchev–Trinajstić information content (AvgIpc) is 2.30. The van der Waals surface area contributed by atoms with Crippen molar-refractivity contribution in [1.29, 1.82) is 0 Å². The van der Waals surface area contributed by atoms with E-state index in [0.717, 1.165) is 0 Å². The van der Waals surface area contributed by atoms with Crippen LogP contribution in [0.3, 0.4) is 0 Å². The topological polar surface area (TPSA) is 0 Å². The molecule has 0 amide bonds. The Hall–Kier alpha value is -0.181. The van der Waals surface area contributed by atoms with Gasteiger partial charge >= 0.3 is 112 Å². The van der Waals surface area contributed by atoms with Crippen LogP contribution in [0.15, 0.2) is 24.3 Å². The Kier molecular flexibility index (Phi) is 7.73. The molecule has 0 aliphatic rings. The third kappa shape index (κ3) is 6.41. The van der Waals surface area contributed by atoms with Crippen LogP contribution in [0, 0.1) is 16.6 Å². The van der Waals surface area contributed by atoms with Crippen molar-refractivity contribution >= 4 is 34.4 Å². The molecule has 0 atom stereocenters. The molecule has 0 saturated carbocycles. The van der Waals surface area contributed by atoms with E-state index in [1.165, 1.54) is 34.6 Å². The quantitative estimate of drug-likeness (QED) is 0.438. The van der Waals surface area contributed by atoms with E-state index in [2.05, 4.69) is 47.8 Å². The zero-order valence-electron chi connectivity index (χ0n) is 9.95. The molecule has 1 rings (SSSR count). The van der Waals surface area contributed by atoms with E-state index in [9.17, 15) is 0 Å². The summed E-state index contributed by atoms with van der Waals surface area (Å²) in [5.41, 5.74) is 1.33. The van der Waals surface area contributed by atoms with Crippen molar-refractivity contribution in [2.45, 2.75) is 38.4 Å². The van der Waals surface area contributed by atoms with Gasteiger partial charge in [-0.05, 0) is 0 Å². The average molecular weight is 344 g/mol. The summed E-state index contributed by atoms with van der Waals surface area (Å²) < 4.78 is 1.40. The molecule has 0 radical (unpaired) electrons. The van der Waals surface area contributed by atoms with Gasteiger partial charge in [-0.25, -0.2) is 0 Å². The summed E-state index contributed by atoms with van der Waals surface area (Å²) in [4.78, 5) is 6.69. The maximum atomic E-state index is 3.35. The van der Waals surface area contributed by atoms with E-state index < -0.39 is 0 Å². The van der Waals surface area contributed by atoms with Crippen molar-refractivity contribution in [3.63, 3.8) is 0 Å². The fraction of sp³-hybridized carbons (Fsp3) is 0.429. The zero-order chi connectivity index (χ0) is 11.6. The van der Waals surface area contributed by atoms with Crippen LogP contribution in [0.1, 0.15) is 31.7 Å². The van der Waals surface area contributed by atoms with E-state index >= 15 is 0 Å². The molecule has 2 heteroatoms. The summed E-state index contributed by atoms with van der Waals surface area (Å²) in [6, 6.07) is 8.75. The summed E-state index contributed by atoms with van der Waals surface area (Å²) >= 11 is 0.918. The molecule has 0 heterocycles. The molecule has 0 aliphatic carbocycles. The molecule has 86 valence electrons. The third-order valence-corrected chi connectivity index (χ3v) is 5.85. The molecule has 0 saturated heterocycles. The van der Waals surface area contributed by atoms with Crippen LogP contribution < -0.4 is 4.46 Å². The van der Waals surface area contributed by atoms with Crippen molar-refractivity contribution < 1.29 is 0 Å². The van der Waals surface area contributed by atoms with Crippen LogP contribution in [0.5, 0.6) is 0 Å². The second-order valence-corrected chi connectivity index (χ2v) is 7.41. The Labute approximate surface area is 112 Å². The number of benzene rings is 1. The van der Waals surface area contributed by atoms with Gasteiger partial charge in [-0.15, -0.1) is 0 Å². The van der Waals surface area contributed by atoms with E-state index in [4.69, 9.17) is 0 Å². The van der Waals surface area contributed by atoms with Crippen LogP contribution in [0.4, 0.5) is 0 Å². The molecule has 0 N–H and O–H groups in total. The fourth-order valence-electron chi connectivity index (χ4n) is 1.19. The minimum absolute atomic E-state index is 0.361. The van der Waals surface area contributed by atoms with Crippen molar-refractivity contribution in [2.24, 2.45) is 0 Å². The van der Waals surface area contributed by atoms with E-state index in [1.807, 2.05) is 0 Å². The van der Waals surface area contributed by atoms with E-state index in [-0.39, 0.29) is 0 Å². The molecular weight excluding hydrogens is 326 g/mol. The molecule has 1 aromatic carbocycles. The molecule has 0 aliphatic heterocycles. The zero-order valence-corrected chi connectivity index (χ0v) is 13.4. The van der Waals surface area contributed by atoms with Crippen LogP contribution >= 0.6 is 0 Å². The van der Waals surface area contributed by atoms with Crippen molar-refractivity contribution in [3.05, 3.63) is 29.8 Å². The first-order chi connectivity index (χ1) is 7.83. The van der Waals surface area contributed by atoms with Crippen LogP contribution in [-0.4, -0.2) is 29.9 Å². The van der Waals surface area contributed by atoms with Crippen LogP contribution in [0.25, 0.3) is 0 Å². The monoisotopic (exact) mass is 346 g/mol. The van der Waals surface area contributed by atoms with Gasteiger partial charge < -0.3 is 0 Å². The molecule has 0 unspecified atom stereocenters. The molecule has 0 spiro atoms.